The molecule has 3 N–H and O–H groups in total. The lowest BCUT2D eigenvalue weighted by molar-refractivity contribution is 0.0386. The summed E-state index contributed by atoms with van der Waals surface area (Å²) in [5.74, 6) is -1.01. The predicted octanol–water partition coefficient (Wildman–Crippen LogP) is 4.10. The van der Waals surface area contributed by atoms with E-state index in [2.05, 4.69) is 15.0 Å². The van der Waals surface area contributed by atoms with Crippen molar-refractivity contribution in [2.24, 2.45) is 0 Å². The van der Waals surface area contributed by atoms with E-state index in [9.17, 15) is 18.0 Å². The first-order valence-electron chi connectivity index (χ1n) is 10.9. The van der Waals surface area contributed by atoms with Crippen molar-refractivity contribution in [3.8, 4) is 0 Å². The number of ether oxygens (including phenoxy) is 2. The summed E-state index contributed by atoms with van der Waals surface area (Å²) in [6.45, 7) is 7.37. The Bertz CT molecular complexity index is 1320. The molecule has 3 aromatic rings. The third kappa shape index (κ3) is 5.90. The summed E-state index contributed by atoms with van der Waals surface area (Å²) in [6, 6.07) is 11.4. The molecule has 0 unspecified atom stereocenters. The van der Waals surface area contributed by atoms with E-state index in [0.717, 1.165) is 11.1 Å². The number of aromatic amines is 1. The van der Waals surface area contributed by atoms with Crippen molar-refractivity contribution in [1.82, 2.24) is 4.98 Å². The number of aryl methyl sites for hydroxylation is 3. The maximum absolute atomic E-state index is 12.8. The van der Waals surface area contributed by atoms with Crippen molar-refractivity contribution in [3.05, 3.63) is 76.1 Å². The van der Waals surface area contributed by atoms with Gasteiger partial charge in [-0.15, -0.1) is 0 Å². The number of esters is 1. The molecule has 1 aromatic heterocycles. The molecule has 3 rings (SSSR count). The van der Waals surface area contributed by atoms with E-state index in [0.29, 0.717) is 28.2 Å². The van der Waals surface area contributed by atoms with Gasteiger partial charge in [-0.3, -0.25) is 9.52 Å². The molecule has 2 aromatic carbocycles. The number of benzene rings is 2. The quantitative estimate of drug-likeness (QED) is 0.300. The molecule has 9 nitrogen and oxygen atoms in total. The number of amides is 1. The highest BCUT2D eigenvalue weighted by Crippen LogP contribution is 2.25. The number of carbonyl (C=O) groups is 2. The van der Waals surface area contributed by atoms with Gasteiger partial charge in [0.1, 0.15) is 12.3 Å². The Kier molecular flexibility index (Phi) is 7.98. The average Bonchev–Trinajstić information content (AvgIpc) is 3.11. The van der Waals surface area contributed by atoms with Gasteiger partial charge in [-0.25, -0.2) is 13.2 Å². The minimum atomic E-state index is -3.81. The van der Waals surface area contributed by atoms with Crippen molar-refractivity contribution >= 4 is 33.3 Å². The molecule has 0 aliphatic rings. The number of hydrogen-bond acceptors (Lipinski definition) is 6. The monoisotopic (exact) mass is 499 g/mol. The molecular weight excluding hydrogens is 470 g/mol. The largest absolute Gasteiger partial charge is 0.460 e. The van der Waals surface area contributed by atoms with Crippen LogP contribution in [-0.4, -0.2) is 45.6 Å². The molecule has 1 amide bonds. The van der Waals surface area contributed by atoms with Crippen LogP contribution in [0.4, 0.5) is 11.4 Å². The van der Waals surface area contributed by atoms with Gasteiger partial charge in [0.2, 0.25) is 0 Å². The summed E-state index contributed by atoms with van der Waals surface area (Å²) in [7, 11) is -2.31. The average molecular weight is 500 g/mol. The van der Waals surface area contributed by atoms with Gasteiger partial charge in [0.15, 0.2) is 0 Å². The minimum absolute atomic E-state index is 0.0612. The number of hydrogen-bond donors (Lipinski definition) is 3. The van der Waals surface area contributed by atoms with Crippen LogP contribution < -0.4 is 10.0 Å². The van der Waals surface area contributed by atoms with Gasteiger partial charge < -0.3 is 19.8 Å². The Morgan fingerprint density at radius 3 is 2.17 bits per heavy atom. The lowest BCUT2D eigenvalue weighted by Gasteiger charge is -2.13. The van der Waals surface area contributed by atoms with E-state index in [1.54, 1.807) is 13.8 Å². The highest BCUT2D eigenvalue weighted by molar-refractivity contribution is 7.92. The second kappa shape index (κ2) is 10.7. The van der Waals surface area contributed by atoms with Crippen LogP contribution in [0.1, 0.15) is 43.2 Å². The van der Waals surface area contributed by atoms with Crippen LogP contribution in [0.15, 0.2) is 47.4 Å². The summed E-state index contributed by atoms with van der Waals surface area (Å²) in [5, 5.41) is 2.72. The van der Waals surface area contributed by atoms with Crippen molar-refractivity contribution in [1.29, 1.82) is 0 Å². The Balaban J connectivity index is 1.74. The summed E-state index contributed by atoms with van der Waals surface area (Å²) in [4.78, 5) is 28.2. The Labute approximate surface area is 204 Å². The minimum Gasteiger partial charge on any atom is -0.460 e. The lowest BCUT2D eigenvalue weighted by Crippen LogP contribution is -2.16. The van der Waals surface area contributed by atoms with Crippen LogP contribution >= 0.6 is 0 Å². The van der Waals surface area contributed by atoms with E-state index < -0.39 is 21.9 Å². The van der Waals surface area contributed by atoms with E-state index in [1.807, 2.05) is 32.0 Å². The maximum atomic E-state index is 12.8. The number of rotatable bonds is 9. The smallest absolute Gasteiger partial charge is 0.340 e. The maximum Gasteiger partial charge on any atom is 0.340 e. The van der Waals surface area contributed by atoms with Crippen LogP contribution in [0, 0.1) is 27.7 Å². The van der Waals surface area contributed by atoms with Crippen LogP contribution in [-0.2, 0) is 19.5 Å². The van der Waals surface area contributed by atoms with E-state index in [1.165, 1.54) is 31.4 Å². The topological polar surface area (TPSA) is 127 Å². The molecule has 0 atom stereocenters. The van der Waals surface area contributed by atoms with Crippen molar-refractivity contribution in [2.75, 3.05) is 30.4 Å². The summed E-state index contributed by atoms with van der Waals surface area (Å²) in [5.41, 5.74) is 4.05. The van der Waals surface area contributed by atoms with Gasteiger partial charge in [0.05, 0.1) is 22.8 Å². The van der Waals surface area contributed by atoms with Gasteiger partial charge in [0.25, 0.3) is 15.9 Å². The Morgan fingerprint density at radius 2 is 1.57 bits per heavy atom. The molecular formula is C25H29N3O6S. The second-order valence-corrected chi connectivity index (χ2v) is 9.79. The first kappa shape index (κ1) is 26.0. The van der Waals surface area contributed by atoms with Crippen LogP contribution in [0.25, 0.3) is 0 Å². The normalized spacial score (nSPS) is 11.2. The Hall–Kier alpha value is -3.63. The molecule has 0 spiro atoms. The van der Waals surface area contributed by atoms with Crippen molar-refractivity contribution in [2.45, 2.75) is 32.6 Å². The lowest BCUT2D eigenvalue weighted by atomic mass is 10.1. The molecule has 10 heteroatoms. The summed E-state index contributed by atoms with van der Waals surface area (Å²) in [6.07, 6.45) is 0. The third-order valence-electron chi connectivity index (χ3n) is 5.53. The zero-order valence-electron chi connectivity index (χ0n) is 20.3. The second-order valence-electron chi connectivity index (χ2n) is 8.10. The molecule has 1 heterocycles. The highest BCUT2D eigenvalue weighted by Gasteiger charge is 2.23. The van der Waals surface area contributed by atoms with Crippen LogP contribution in [0.3, 0.4) is 0 Å². The number of nitrogens with one attached hydrogen (secondary N) is 3. The zero-order valence-corrected chi connectivity index (χ0v) is 21.1. The number of aromatic nitrogens is 1. The highest BCUT2D eigenvalue weighted by atomic mass is 32.2. The first-order chi connectivity index (χ1) is 16.5. The number of H-pyrrole nitrogens is 1. The molecule has 0 aliphatic heterocycles. The van der Waals surface area contributed by atoms with Gasteiger partial charge >= 0.3 is 5.97 Å². The molecule has 0 aliphatic carbocycles. The number of sulfonamides is 1. The molecule has 35 heavy (non-hydrogen) atoms. The standard InChI is InChI=1S/C25H29N3O6S/c1-15-7-6-8-16(2)22(15)28-35(31,32)20-11-9-19(10-12-20)27-24(29)23-17(3)21(18(4)26-23)25(30)34-14-13-33-5/h6-12,26,28H,13-14H2,1-5H3,(H,27,29). The van der Waals surface area contributed by atoms with Crippen LogP contribution in [0.2, 0.25) is 0 Å². The van der Waals surface area contributed by atoms with Gasteiger partial charge in [-0.05, 0) is 68.7 Å². The van der Waals surface area contributed by atoms with Crippen molar-refractivity contribution in [3.63, 3.8) is 0 Å². The molecule has 0 fully saturated rings. The van der Waals surface area contributed by atoms with Gasteiger partial charge in [0, 0.05) is 18.5 Å². The summed E-state index contributed by atoms with van der Waals surface area (Å²) >= 11 is 0. The van der Waals surface area contributed by atoms with Crippen molar-refractivity contribution < 1.29 is 27.5 Å². The molecule has 0 radical (unpaired) electrons. The third-order valence-corrected chi connectivity index (χ3v) is 6.89. The van der Waals surface area contributed by atoms with E-state index in [-0.39, 0.29) is 23.8 Å². The Morgan fingerprint density at radius 1 is 0.943 bits per heavy atom. The van der Waals surface area contributed by atoms with E-state index in [4.69, 9.17) is 9.47 Å². The predicted molar refractivity (Wildman–Crippen MR) is 134 cm³/mol. The molecule has 0 saturated heterocycles. The number of para-hydroxylation sites is 1. The summed E-state index contributed by atoms with van der Waals surface area (Å²) < 4.78 is 38.4. The molecule has 186 valence electrons. The van der Waals surface area contributed by atoms with Crippen LogP contribution in [0.5, 0.6) is 0 Å². The first-order valence-corrected chi connectivity index (χ1v) is 12.4. The number of methoxy groups -OCH3 is 1. The fraction of sp³-hybridized carbons (Fsp3) is 0.280. The van der Waals surface area contributed by atoms with E-state index >= 15 is 0 Å². The molecule has 0 bridgehead atoms. The van der Waals surface area contributed by atoms with Gasteiger partial charge in [-0.2, -0.15) is 0 Å². The number of anilines is 2. The zero-order chi connectivity index (χ0) is 25.8. The van der Waals surface area contributed by atoms with Gasteiger partial charge in [-0.1, -0.05) is 18.2 Å². The number of carbonyl (C=O) groups excluding carboxylic acids is 2. The molecule has 0 saturated carbocycles. The SMILES string of the molecule is COCCOC(=O)c1c(C)[nH]c(C(=O)Nc2ccc(S(=O)(=O)Nc3c(C)cccc3C)cc2)c1C. The fourth-order valence-corrected chi connectivity index (χ4v) is 4.86. The fourth-order valence-electron chi connectivity index (χ4n) is 3.65.